The van der Waals surface area contributed by atoms with Crippen LogP contribution < -0.4 is 9.47 Å². The number of ether oxygens (including phenoxy) is 3. The van der Waals surface area contributed by atoms with Crippen LogP contribution in [0.5, 0.6) is 11.6 Å². The standard InChI is InChI=1S/C13H14F3NO6/c1-4-22-8-6(11(18)19)9(13(14,15)16)17-10(23-5-2)7(8)12(20)21-3/h4-5H2,1-3H3,(H,18,19). The van der Waals surface area contributed by atoms with Gasteiger partial charge in [0.05, 0.1) is 20.3 Å². The van der Waals surface area contributed by atoms with Crippen molar-refractivity contribution in [3.05, 3.63) is 16.8 Å². The monoisotopic (exact) mass is 337 g/mol. The van der Waals surface area contributed by atoms with Crippen molar-refractivity contribution in [2.45, 2.75) is 20.0 Å². The van der Waals surface area contributed by atoms with E-state index in [1.54, 1.807) is 0 Å². The predicted octanol–water partition coefficient (Wildman–Crippen LogP) is 2.38. The Morgan fingerprint density at radius 2 is 1.70 bits per heavy atom. The first-order chi connectivity index (χ1) is 10.7. The molecule has 10 heteroatoms. The molecule has 7 nitrogen and oxygen atoms in total. The quantitative estimate of drug-likeness (QED) is 0.796. The zero-order chi connectivity index (χ0) is 17.8. The highest BCUT2D eigenvalue weighted by Gasteiger charge is 2.43. The number of carbonyl (C=O) groups excluding carboxylic acids is 1. The topological polar surface area (TPSA) is 95.0 Å². The zero-order valence-electron chi connectivity index (χ0n) is 12.5. The van der Waals surface area contributed by atoms with Gasteiger partial charge >= 0.3 is 18.1 Å². The number of methoxy groups -OCH3 is 1. The molecule has 0 spiro atoms. The van der Waals surface area contributed by atoms with Crippen molar-refractivity contribution in [1.29, 1.82) is 0 Å². The highest BCUT2D eigenvalue weighted by Crippen LogP contribution is 2.40. The van der Waals surface area contributed by atoms with E-state index in [9.17, 15) is 22.8 Å². The largest absolute Gasteiger partial charge is 0.492 e. The third-order valence-corrected chi connectivity index (χ3v) is 2.56. The van der Waals surface area contributed by atoms with Crippen LogP contribution in [0.15, 0.2) is 0 Å². The molecule has 1 heterocycles. The summed E-state index contributed by atoms with van der Waals surface area (Å²) in [5.74, 6) is -4.57. The number of carboxylic acid groups (broad SMARTS) is 1. The fourth-order valence-electron chi connectivity index (χ4n) is 1.76. The Morgan fingerprint density at radius 3 is 2.09 bits per heavy atom. The molecule has 1 rings (SSSR count). The molecule has 0 atom stereocenters. The van der Waals surface area contributed by atoms with Crippen molar-refractivity contribution in [1.82, 2.24) is 4.98 Å². The summed E-state index contributed by atoms with van der Waals surface area (Å²) in [5.41, 5.74) is -3.60. The number of halogens is 3. The van der Waals surface area contributed by atoms with Crippen molar-refractivity contribution < 1.29 is 42.1 Å². The second kappa shape index (κ2) is 7.16. The zero-order valence-corrected chi connectivity index (χ0v) is 12.5. The van der Waals surface area contributed by atoms with Crippen LogP contribution >= 0.6 is 0 Å². The third kappa shape index (κ3) is 3.82. The van der Waals surface area contributed by atoms with Crippen molar-refractivity contribution in [3.63, 3.8) is 0 Å². The molecule has 0 aliphatic carbocycles. The van der Waals surface area contributed by atoms with Crippen molar-refractivity contribution in [2.24, 2.45) is 0 Å². The molecule has 1 N–H and O–H groups in total. The number of aromatic carboxylic acids is 1. The SMILES string of the molecule is CCOc1nc(C(F)(F)F)c(C(=O)O)c(OCC)c1C(=O)OC. The molecule has 0 fully saturated rings. The summed E-state index contributed by atoms with van der Waals surface area (Å²) in [5, 5.41) is 9.12. The maximum atomic E-state index is 13.1. The van der Waals surface area contributed by atoms with Gasteiger partial charge in [-0.05, 0) is 13.8 Å². The normalized spacial score (nSPS) is 11.0. The van der Waals surface area contributed by atoms with E-state index >= 15 is 0 Å². The molecular formula is C13H14F3NO6. The lowest BCUT2D eigenvalue weighted by atomic mass is 10.1. The number of carbonyl (C=O) groups is 2. The second-order valence-corrected chi connectivity index (χ2v) is 4.01. The van der Waals surface area contributed by atoms with Crippen LogP contribution in [0.25, 0.3) is 0 Å². The lowest BCUT2D eigenvalue weighted by molar-refractivity contribution is -0.142. The van der Waals surface area contributed by atoms with Gasteiger partial charge in [-0.25, -0.2) is 14.6 Å². The van der Waals surface area contributed by atoms with Crippen LogP contribution in [0.4, 0.5) is 13.2 Å². The summed E-state index contributed by atoms with van der Waals surface area (Å²) < 4.78 is 53.7. The van der Waals surface area contributed by atoms with Crippen LogP contribution in [0.2, 0.25) is 0 Å². The minimum absolute atomic E-state index is 0.105. The van der Waals surface area contributed by atoms with Gasteiger partial charge in [-0.1, -0.05) is 0 Å². The van der Waals surface area contributed by atoms with Crippen molar-refractivity contribution >= 4 is 11.9 Å². The van der Waals surface area contributed by atoms with Gasteiger partial charge in [-0.3, -0.25) is 0 Å². The first-order valence-corrected chi connectivity index (χ1v) is 6.41. The van der Waals surface area contributed by atoms with Crippen LogP contribution in [-0.2, 0) is 10.9 Å². The molecule has 0 unspecified atom stereocenters. The molecule has 0 aliphatic rings. The Morgan fingerprint density at radius 1 is 1.13 bits per heavy atom. The molecule has 0 aliphatic heterocycles. The summed E-state index contributed by atoms with van der Waals surface area (Å²) in [6.45, 7) is 2.59. The van der Waals surface area contributed by atoms with Crippen molar-refractivity contribution in [3.8, 4) is 11.6 Å². The van der Waals surface area contributed by atoms with E-state index in [2.05, 4.69) is 9.72 Å². The lowest BCUT2D eigenvalue weighted by Gasteiger charge is -2.19. The van der Waals surface area contributed by atoms with Crippen LogP contribution in [0.1, 0.15) is 40.3 Å². The van der Waals surface area contributed by atoms with E-state index in [0.29, 0.717) is 0 Å². The molecule has 0 amide bonds. The number of alkyl halides is 3. The fourth-order valence-corrected chi connectivity index (χ4v) is 1.76. The maximum Gasteiger partial charge on any atom is 0.434 e. The molecule has 1 aromatic rings. The number of aromatic nitrogens is 1. The van der Waals surface area contributed by atoms with Gasteiger partial charge < -0.3 is 19.3 Å². The number of pyridine rings is 1. The minimum Gasteiger partial charge on any atom is -0.492 e. The number of rotatable bonds is 6. The first kappa shape index (κ1) is 18.5. The van der Waals surface area contributed by atoms with Gasteiger partial charge in [0, 0.05) is 0 Å². The summed E-state index contributed by atoms with van der Waals surface area (Å²) >= 11 is 0. The van der Waals surface area contributed by atoms with E-state index in [-0.39, 0.29) is 13.2 Å². The Kier molecular flexibility index (Phi) is 5.77. The average molecular weight is 337 g/mol. The number of carboxylic acids is 1. The Labute approximate surface area is 129 Å². The summed E-state index contributed by atoms with van der Waals surface area (Å²) in [4.78, 5) is 26.3. The fraction of sp³-hybridized carbons (Fsp3) is 0.462. The third-order valence-electron chi connectivity index (χ3n) is 2.56. The van der Waals surface area contributed by atoms with E-state index < -0.39 is 46.6 Å². The summed E-state index contributed by atoms with van der Waals surface area (Å²) in [6, 6.07) is 0. The van der Waals surface area contributed by atoms with Crippen LogP contribution in [-0.4, -0.2) is 42.4 Å². The van der Waals surface area contributed by atoms with Crippen molar-refractivity contribution in [2.75, 3.05) is 20.3 Å². The van der Waals surface area contributed by atoms with Gasteiger partial charge in [-0.2, -0.15) is 13.2 Å². The van der Waals surface area contributed by atoms with E-state index in [0.717, 1.165) is 7.11 Å². The number of nitrogens with zero attached hydrogens (tertiary/aromatic N) is 1. The molecule has 23 heavy (non-hydrogen) atoms. The van der Waals surface area contributed by atoms with Gasteiger partial charge in [0.2, 0.25) is 5.88 Å². The minimum atomic E-state index is -5.08. The Hall–Kier alpha value is -2.52. The lowest BCUT2D eigenvalue weighted by Crippen LogP contribution is -2.21. The number of hydrogen-bond donors (Lipinski definition) is 1. The van der Waals surface area contributed by atoms with E-state index in [1.165, 1.54) is 13.8 Å². The molecule has 0 aromatic carbocycles. The van der Waals surface area contributed by atoms with Crippen LogP contribution in [0, 0.1) is 0 Å². The summed E-state index contributed by atoms with van der Waals surface area (Å²) in [6.07, 6.45) is -5.08. The van der Waals surface area contributed by atoms with E-state index in [1.807, 2.05) is 0 Å². The first-order valence-electron chi connectivity index (χ1n) is 6.41. The molecule has 0 radical (unpaired) electrons. The van der Waals surface area contributed by atoms with Crippen LogP contribution in [0.3, 0.4) is 0 Å². The average Bonchev–Trinajstić information content (AvgIpc) is 2.45. The Bertz CT molecular complexity index is 615. The predicted molar refractivity (Wildman–Crippen MR) is 69.9 cm³/mol. The van der Waals surface area contributed by atoms with Gasteiger partial charge in [0.1, 0.15) is 5.56 Å². The van der Waals surface area contributed by atoms with Gasteiger partial charge in [0.15, 0.2) is 17.0 Å². The molecule has 128 valence electrons. The summed E-state index contributed by atoms with van der Waals surface area (Å²) in [7, 11) is 0.978. The number of esters is 1. The van der Waals surface area contributed by atoms with Gasteiger partial charge in [0.25, 0.3) is 0 Å². The van der Waals surface area contributed by atoms with E-state index in [4.69, 9.17) is 14.6 Å². The highest BCUT2D eigenvalue weighted by molar-refractivity contribution is 6.01. The molecule has 0 bridgehead atoms. The smallest absolute Gasteiger partial charge is 0.434 e. The van der Waals surface area contributed by atoms with Gasteiger partial charge in [-0.15, -0.1) is 0 Å². The molecule has 1 aromatic heterocycles. The maximum absolute atomic E-state index is 13.1. The number of hydrogen-bond acceptors (Lipinski definition) is 6. The second-order valence-electron chi connectivity index (χ2n) is 4.01. The molecule has 0 saturated heterocycles. The molecular weight excluding hydrogens is 323 g/mol. The molecule has 0 saturated carbocycles. The highest BCUT2D eigenvalue weighted by atomic mass is 19.4. The Balaban J connectivity index is 3.90.